The highest BCUT2D eigenvalue weighted by Crippen LogP contribution is 2.14. The third-order valence-electron chi connectivity index (χ3n) is 3.04. The zero-order chi connectivity index (χ0) is 13.0. The predicted molar refractivity (Wildman–Crippen MR) is 70.4 cm³/mol. The van der Waals surface area contributed by atoms with Crippen LogP contribution in [0.5, 0.6) is 0 Å². The zero-order valence-corrected chi connectivity index (χ0v) is 11.2. The summed E-state index contributed by atoms with van der Waals surface area (Å²) in [7, 11) is 2.08. The van der Waals surface area contributed by atoms with Gasteiger partial charge in [-0.05, 0) is 25.2 Å². The van der Waals surface area contributed by atoms with Crippen molar-refractivity contribution < 1.29 is 9.13 Å². The molecule has 1 aromatic carbocycles. The molecule has 1 heterocycles. The zero-order valence-electron chi connectivity index (χ0n) is 10.5. The van der Waals surface area contributed by atoms with Crippen molar-refractivity contribution in [3.8, 4) is 0 Å². The number of likely N-dealkylation sites (N-methyl/N-ethyl adjacent to an activating group) is 1. The van der Waals surface area contributed by atoms with Crippen LogP contribution in [0.4, 0.5) is 4.39 Å². The normalized spacial score (nSPS) is 21.2. The first-order valence-corrected chi connectivity index (χ1v) is 6.48. The van der Waals surface area contributed by atoms with E-state index in [1.54, 1.807) is 12.1 Å². The molecule has 0 spiro atoms. The van der Waals surface area contributed by atoms with E-state index >= 15 is 0 Å². The first kappa shape index (κ1) is 13.7. The van der Waals surface area contributed by atoms with Gasteiger partial charge in [0.15, 0.2) is 0 Å². The molecule has 0 radical (unpaired) electrons. The number of halogens is 2. The van der Waals surface area contributed by atoms with Gasteiger partial charge < -0.3 is 15.0 Å². The van der Waals surface area contributed by atoms with Crippen LogP contribution >= 0.6 is 11.6 Å². The number of nitrogens with one attached hydrogen (secondary N) is 1. The van der Waals surface area contributed by atoms with Crippen molar-refractivity contribution in [3.05, 3.63) is 34.6 Å². The second kappa shape index (κ2) is 6.48. The number of hydrogen-bond acceptors (Lipinski definition) is 3. The second-order valence-corrected chi connectivity index (χ2v) is 5.06. The molecule has 1 aliphatic heterocycles. The van der Waals surface area contributed by atoms with Crippen molar-refractivity contribution >= 4 is 11.6 Å². The van der Waals surface area contributed by atoms with Gasteiger partial charge in [-0.1, -0.05) is 11.6 Å². The van der Waals surface area contributed by atoms with Crippen LogP contribution in [-0.4, -0.2) is 44.3 Å². The molecule has 1 N–H and O–H groups in total. The van der Waals surface area contributed by atoms with Crippen LogP contribution < -0.4 is 5.32 Å². The summed E-state index contributed by atoms with van der Waals surface area (Å²) in [6.07, 6.45) is 0.172. The highest BCUT2D eigenvalue weighted by Gasteiger charge is 2.17. The van der Waals surface area contributed by atoms with Gasteiger partial charge in [0, 0.05) is 36.8 Å². The van der Waals surface area contributed by atoms with Gasteiger partial charge in [0.1, 0.15) is 5.82 Å². The minimum absolute atomic E-state index is 0.172. The summed E-state index contributed by atoms with van der Waals surface area (Å²) >= 11 is 5.84. The summed E-state index contributed by atoms with van der Waals surface area (Å²) < 4.78 is 19.1. The van der Waals surface area contributed by atoms with Gasteiger partial charge in [0.25, 0.3) is 0 Å². The molecule has 1 unspecified atom stereocenters. The summed E-state index contributed by atoms with van der Waals surface area (Å²) in [5.41, 5.74) is 0.590. The smallest absolute Gasteiger partial charge is 0.127 e. The standard InChI is InChI=1S/C13H18ClFN2O/c1-17-4-5-18-12(9-17)8-16-7-10-6-11(14)2-3-13(10)15/h2-3,6,12,16H,4-5,7-9H2,1H3. The van der Waals surface area contributed by atoms with E-state index < -0.39 is 0 Å². The Morgan fingerprint density at radius 1 is 1.56 bits per heavy atom. The lowest BCUT2D eigenvalue weighted by Crippen LogP contribution is -2.44. The molecule has 1 saturated heterocycles. The van der Waals surface area contributed by atoms with Gasteiger partial charge >= 0.3 is 0 Å². The van der Waals surface area contributed by atoms with Crippen molar-refractivity contribution in [2.75, 3.05) is 33.3 Å². The molecular formula is C13H18ClFN2O. The lowest BCUT2D eigenvalue weighted by molar-refractivity contribution is -0.0182. The maximum atomic E-state index is 13.5. The maximum absolute atomic E-state index is 13.5. The lowest BCUT2D eigenvalue weighted by Gasteiger charge is -2.30. The molecule has 5 heteroatoms. The largest absolute Gasteiger partial charge is 0.374 e. The average Bonchev–Trinajstić information content (AvgIpc) is 2.34. The van der Waals surface area contributed by atoms with E-state index in [1.807, 2.05) is 0 Å². The monoisotopic (exact) mass is 272 g/mol. The summed E-state index contributed by atoms with van der Waals surface area (Å²) in [4.78, 5) is 2.23. The quantitative estimate of drug-likeness (QED) is 0.906. The van der Waals surface area contributed by atoms with Crippen molar-refractivity contribution in [1.29, 1.82) is 0 Å². The minimum Gasteiger partial charge on any atom is -0.374 e. The van der Waals surface area contributed by atoms with Crippen LogP contribution in [0.2, 0.25) is 5.02 Å². The third-order valence-corrected chi connectivity index (χ3v) is 3.27. The van der Waals surface area contributed by atoms with Gasteiger partial charge in [0.2, 0.25) is 0 Å². The van der Waals surface area contributed by atoms with Crippen LogP contribution in [0.1, 0.15) is 5.56 Å². The van der Waals surface area contributed by atoms with Crippen molar-refractivity contribution in [1.82, 2.24) is 10.2 Å². The van der Waals surface area contributed by atoms with Gasteiger partial charge in [-0.25, -0.2) is 4.39 Å². The topological polar surface area (TPSA) is 24.5 Å². The molecular weight excluding hydrogens is 255 g/mol. The fraction of sp³-hybridized carbons (Fsp3) is 0.538. The van der Waals surface area contributed by atoms with Gasteiger partial charge in [-0.3, -0.25) is 0 Å². The van der Waals surface area contributed by atoms with Crippen LogP contribution in [0.25, 0.3) is 0 Å². The predicted octanol–water partition coefficient (Wildman–Crippen LogP) is 1.90. The van der Waals surface area contributed by atoms with E-state index in [9.17, 15) is 4.39 Å². The molecule has 0 aliphatic carbocycles. The number of rotatable bonds is 4. The molecule has 1 fully saturated rings. The SMILES string of the molecule is CN1CCOC(CNCc2cc(Cl)ccc2F)C1. The van der Waals surface area contributed by atoms with Gasteiger partial charge in [-0.15, -0.1) is 0 Å². The van der Waals surface area contributed by atoms with Crippen molar-refractivity contribution in [2.45, 2.75) is 12.6 Å². The Kier molecular flexibility index (Phi) is 4.95. The highest BCUT2D eigenvalue weighted by atomic mass is 35.5. The summed E-state index contributed by atoms with van der Waals surface area (Å²) in [5, 5.41) is 3.77. The molecule has 0 bridgehead atoms. The molecule has 2 rings (SSSR count). The third kappa shape index (κ3) is 3.92. The van der Waals surface area contributed by atoms with Crippen LogP contribution in [0.3, 0.4) is 0 Å². The number of hydrogen-bond donors (Lipinski definition) is 1. The van der Waals surface area contributed by atoms with E-state index in [4.69, 9.17) is 16.3 Å². The molecule has 1 atom stereocenters. The van der Waals surface area contributed by atoms with E-state index in [0.717, 1.165) is 26.2 Å². The maximum Gasteiger partial charge on any atom is 0.127 e. The number of morpholine rings is 1. The molecule has 1 aromatic rings. The van der Waals surface area contributed by atoms with E-state index in [-0.39, 0.29) is 11.9 Å². The molecule has 18 heavy (non-hydrogen) atoms. The average molecular weight is 273 g/mol. The Labute approximate surface area is 112 Å². The van der Waals surface area contributed by atoms with Crippen LogP contribution in [0, 0.1) is 5.82 Å². The lowest BCUT2D eigenvalue weighted by atomic mass is 10.2. The van der Waals surface area contributed by atoms with Crippen LogP contribution in [0.15, 0.2) is 18.2 Å². The van der Waals surface area contributed by atoms with Crippen LogP contribution in [-0.2, 0) is 11.3 Å². The Morgan fingerprint density at radius 2 is 2.39 bits per heavy atom. The number of ether oxygens (including phenoxy) is 1. The first-order chi connectivity index (χ1) is 8.65. The number of benzene rings is 1. The molecule has 0 amide bonds. The molecule has 1 aliphatic rings. The molecule has 100 valence electrons. The minimum atomic E-state index is -0.228. The van der Waals surface area contributed by atoms with E-state index in [1.165, 1.54) is 6.07 Å². The van der Waals surface area contributed by atoms with Crippen molar-refractivity contribution in [3.63, 3.8) is 0 Å². The summed E-state index contributed by atoms with van der Waals surface area (Å²) in [6.45, 7) is 3.82. The Balaban J connectivity index is 1.79. The Morgan fingerprint density at radius 3 is 3.17 bits per heavy atom. The molecule has 0 aromatic heterocycles. The number of nitrogens with zero attached hydrogens (tertiary/aromatic N) is 1. The molecule has 0 saturated carbocycles. The first-order valence-electron chi connectivity index (χ1n) is 6.10. The van der Waals surface area contributed by atoms with E-state index in [0.29, 0.717) is 17.1 Å². The Hall–Kier alpha value is -0.680. The van der Waals surface area contributed by atoms with Crippen molar-refractivity contribution in [2.24, 2.45) is 0 Å². The second-order valence-electron chi connectivity index (χ2n) is 4.62. The molecule has 3 nitrogen and oxygen atoms in total. The summed E-state index contributed by atoms with van der Waals surface area (Å²) in [6, 6.07) is 4.60. The fourth-order valence-corrected chi connectivity index (χ4v) is 2.23. The van der Waals surface area contributed by atoms with Gasteiger partial charge in [0.05, 0.1) is 12.7 Å². The van der Waals surface area contributed by atoms with Gasteiger partial charge in [-0.2, -0.15) is 0 Å². The Bertz CT molecular complexity index is 403. The summed E-state index contributed by atoms with van der Waals surface area (Å²) in [5.74, 6) is -0.228. The highest BCUT2D eigenvalue weighted by molar-refractivity contribution is 6.30. The fourth-order valence-electron chi connectivity index (χ4n) is 2.04. The van der Waals surface area contributed by atoms with E-state index in [2.05, 4.69) is 17.3 Å².